The van der Waals surface area contributed by atoms with Gasteiger partial charge >= 0.3 is 0 Å². The number of Topliss-reactive ketones (excluding diaryl/α,β-unsaturated/α-hetero) is 1. The fraction of sp³-hybridized carbons (Fsp3) is 0.368. The number of aromatic nitrogens is 1. The summed E-state index contributed by atoms with van der Waals surface area (Å²) in [6.45, 7) is 9.22. The summed E-state index contributed by atoms with van der Waals surface area (Å²) in [4.78, 5) is 27.4. The van der Waals surface area contributed by atoms with E-state index in [-0.39, 0.29) is 17.7 Å². The van der Waals surface area contributed by atoms with Gasteiger partial charge in [0.15, 0.2) is 5.78 Å². The molecule has 0 saturated carbocycles. The lowest BCUT2D eigenvalue weighted by atomic mass is 10.0. The third-order valence-electron chi connectivity index (χ3n) is 4.21. The molecule has 0 bridgehead atoms. The number of hydrogen-bond acceptors (Lipinski definition) is 2. The minimum Gasteiger partial charge on any atom is -0.354 e. The molecule has 2 N–H and O–H groups in total. The summed E-state index contributed by atoms with van der Waals surface area (Å²) in [6.07, 6.45) is 0.799. The van der Waals surface area contributed by atoms with Crippen molar-refractivity contribution in [2.45, 2.75) is 47.1 Å². The Hall–Kier alpha value is -2.36. The first-order valence-corrected chi connectivity index (χ1v) is 7.92. The van der Waals surface area contributed by atoms with Gasteiger partial charge in [-0.3, -0.25) is 9.59 Å². The highest BCUT2D eigenvalue weighted by molar-refractivity contribution is 6.02. The van der Waals surface area contributed by atoms with Crippen LogP contribution in [-0.4, -0.2) is 16.7 Å². The Morgan fingerprint density at radius 3 is 2.22 bits per heavy atom. The molecule has 1 atom stereocenters. The summed E-state index contributed by atoms with van der Waals surface area (Å²) in [5.74, 6) is -0.202. The fourth-order valence-corrected chi connectivity index (χ4v) is 2.96. The monoisotopic (exact) mass is 312 g/mol. The van der Waals surface area contributed by atoms with Crippen LogP contribution in [0.1, 0.15) is 69.5 Å². The Morgan fingerprint density at radius 2 is 1.74 bits per heavy atom. The van der Waals surface area contributed by atoms with E-state index in [0.717, 1.165) is 17.7 Å². The maximum atomic E-state index is 12.6. The second-order valence-electron chi connectivity index (χ2n) is 6.03. The highest BCUT2D eigenvalue weighted by Crippen LogP contribution is 2.21. The van der Waals surface area contributed by atoms with E-state index in [2.05, 4.69) is 10.3 Å². The minimum atomic E-state index is -0.175. The number of amides is 1. The van der Waals surface area contributed by atoms with Gasteiger partial charge < -0.3 is 10.3 Å². The molecule has 1 aromatic carbocycles. The zero-order chi connectivity index (χ0) is 17.1. The van der Waals surface area contributed by atoms with Crippen molar-refractivity contribution in [3.63, 3.8) is 0 Å². The van der Waals surface area contributed by atoms with Gasteiger partial charge in [0.25, 0.3) is 5.91 Å². The summed E-state index contributed by atoms with van der Waals surface area (Å²) in [5, 5.41) is 3.06. The quantitative estimate of drug-likeness (QED) is 0.819. The zero-order valence-corrected chi connectivity index (χ0v) is 14.4. The average Bonchev–Trinajstić information content (AvgIpc) is 2.80. The van der Waals surface area contributed by atoms with Crippen molar-refractivity contribution in [2.24, 2.45) is 0 Å². The maximum absolute atomic E-state index is 12.6. The predicted octanol–water partition coefficient (Wildman–Crippen LogP) is 4.02. The second kappa shape index (κ2) is 6.82. The Labute approximate surface area is 137 Å². The molecule has 122 valence electrons. The summed E-state index contributed by atoms with van der Waals surface area (Å²) >= 11 is 0. The SMILES string of the molecule is CC[C@H](NC(=O)c1[nH]c(C)c(C(C)=O)c1C)c1ccc(C)cc1. The molecule has 4 nitrogen and oxygen atoms in total. The van der Waals surface area contributed by atoms with E-state index >= 15 is 0 Å². The molecule has 0 spiro atoms. The number of nitrogens with one attached hydrogen (secondary N) is 2. The smallest absolute Gasteiger partial charge is 0.268 e. The van der Waals surface area contributed by atoms with E-state index in [4.69, 9.17) is 0 Å². The van der Waals surface area contributed by atoms with Crippen molar-refractivity contribution < 1.29 is 9.59 Å². The van der Waals surface area contributed by atoms with Crippen LogP contribution in [0, 0.1) is 20.8 Å². The largest absolute Gasteiger partial charge is 0.354 e. The van der Waals surface area contributed by atoms with Crippen LogP contribution in [0.25, 0.3) is 0 Å². The van der Waals surface area contributed by atoms with Gasteiger partial charge in [0, 0.05) is 11.3 Å². The van der Waals surface area contributed by atoms with Gasteiger partial charge in [-0.25, -0.2) is 0 Å². The van der Waals surface area contributed by atoms with Crippen LogP contribution in [0.2, 0.25) is 0 Å². The summed E-state index contributed by atoms with van der Waals surface area (Å²) < 4.78 is 0. The average molecular weight is 312 g/mol. The second-order valence-corrected chi connectivity index (χ2v) is 6.03. The zero-order valence-electron chi connectivity index (χ0n) is 14.4. The molecule has 0 aliphatic rings. The van der Waals surface area contributed by atoms with Gasteiger partial charge in [-0.05, 0) is 45.2 Å². The first-order chi connectivity index (χ1) is 10.8. The Morgan fingerprint density at radius 1 is 1.13 bits per heavy atom. The highest BCUT2D eigenvalue weighted by Gasteiger charge is 2.21. The molecule has 1 amide bonds. The van der Waals surface area contributed by atoms with Gasteiger partial charge in [0.05, 0.1) is 6.04 Å². The third-order valence-corrected chi connectivity index (χ3v) is 4.21. The van der Waals surface area contributed by atoms with E-state index in [9.17, 15) is 9.59 Å². The van der Waals surface area contributed by atoms with Gasteiger partial charge in [-0.15, -0.1) is 0 Å². The van der Waals surface area contributed by atoms with Crippen molar-refractivity contribution in [2.75, 3.05) is 0 Å². The number of ketones is 1. The van der Waals surface area contributed by atoms with Crippen LogP contribution in [0.4, 0.5) is 0 Å². The van der Waals surface area contributed by atoms with Gasteiger partial charge in [-0.2, -0.15) is 0 Å². The third kappa shape index (κ3) is 3.52. The molecule has 2 aromatic rings. The first-order valence-electron chi connectivity index (χ1n) is 7.92. The van der Waals surface area contributed by atoms with Gasteiger partial charge in [0.1, 0.15) is 5.69 Å². The number of benzene rings is 1. The van der Waals surface area contributed by atoms with Crippen LogP contribution in [0.15, 0.2) is 24.3 Å². The Kier molecular flexibility index (Phi) is 5.04. The molecule has 4 heteroatoms. The lowest BCUT2D eigenvalue weighted by Gasteiger charge is -2.17. The number of H-pyrrole nitrogens is 1. The summed E-state index contributed by atoms with van der Waals surface area (Å²) in [6, 6.07) is 8.12. The topological polar surface area (TPSA) is 62.0 Å². The number of aromatic amines is 1. The lowest BCUT2D eigenvalue weighted by molar-refractivity contribution is 0.0930. The number of rotatable bonds is 5. The van der Waals surface area contributed by atoms with Crippen LogP contribution in [-0.2, 0) is 0 Å². The summed E-state index contributed by atoms with van der Waals surface area (Å²) in [7, 11) is 0. The van der Waals surface area contributed by atoms with E-state index in [1.165, 1.54) is 12.5 Å². The van der Waals surface area contributed by atoms with Crippen LogP contribution in [0.5, 0.6) is 0 Å². The van der Waals surface area contributed by atoms with Crippen molar-refractivity contribution in [3.05, 3.63) is 57.9 Å². The summed E-state index contributed by atoms with van der Waals surface area (Å²) in [5.41, 5.74) is 4.81. The molecule has 1 heterocycles. The van der Waals surface area contributed by atoms with Crippen molar-refractivity contribution >= 4 is 11.7 Å². The molecule has 2 rings (SSSR count). The van der Waals surface area contributed by atoms with E-state index in [1.807, 2.05) is 52.0 Å². The first kappa shape index (κ1) is 17.0. The van der Waals surface area contributed by atoms with E-state index in [0.29, 0.717) is 16.8 Å². The van der Waals surface area contributed by atoms with Gasteiger partial charge in [0.2, 0.25) is 0 Å². The molecule has 0 saturated heterocycles. The van der Waals surface area contributed by atoms with Crippen molar-refractivity contribution in [3.8, 4) is 0 Å². The standard InChI is InChI=1S/C19H24N2O2/c1-6-16(15-9-7-11(2)8-10-15)21-19(23)18-12(3)17(14(5)22)13(4)20-18/h7-10,16,20H,6H2,1-5H3,(H,21,23)/t16-/m0/s1. The fourth-order valence-electron chi connectivity index (χ4n) is 2.96. The molecule has 0 radical (unpaired) electrons. The highest BCUT2D eigenvalue weighted by atomic mass is 16.2. The normalized spacial score (nSPS) is 12.0. The van der Waals surface area contributed by atoms with E-state index < -0.39 is 0 Å². The minimum absolute atomic E-state index is 0.0270. The van der Waals surface area contributed by atoms with Crippen LogP contribution in [0.3, 0.4) is 0 Å². The van der Waals surface area contributed by atoms with Crippen molar-refractivity contribution in [1.29, 1.82) is 0 Å². The van der Waals surface area contributed by atoms with E-state index in [1.54, 1.807) is 0 Å². The molecule has 23 heavy (non-hydrogen) atoms. The Bertz CT molecular complexity index is 727. The Balaban J connectivity index is 2.25. The molecule has 0 fully saturated rings. The number of carbonyl (C=O) groups is 2. The molecular formula is C19H24N2O2. The van der Waals surface area contributed by atoms with Crippen LogP contribution >= 0.6 is 0 Å². The number of carbonyl (C=O) groups excluding carboxylic acids is 2. The molecule has 0 unspecified atom stereocenters. The molecule has 0 aliphatic heterocycles. The maximum Gasteiger partial charge on any atom is 0.268 e. The number of aryl methyl sites for hydroxylation is 2. The number of hydrogen-bond donors (Lipinski definition) is 2. The van der Waals surface area contributed by atoms with Crippen LogP contribution < -0.4 is 5.32 Å². The van der Waals surface area contributed by atoms with Crippen molar-refractivity contribution in [1.82, 2.24) is 10.3 Å². The predicted molar refractivity (Wildman–Crippen MR) is 91.9 cm³/mol. The molecule has 0 aliphatic carbocycles. The molecular weight excluding hydrogens is 288 g/mol. The molecule has 1 aromatic heterocycles. The van der Waals surface area contributed by atoms with Gasteiger partial charge in [-0.1, -0.05) is 36.8 Å². The lowest BCUT2D eigenvalue weighted by Crippen LogP contribution is -2.29.